The van der Waals surface area contributed by atoms with Crippen LogP contribution in [-0.2, 0) is 10.2 Å². The van der Waals surface area contributed by atoms with Gasteiger partial charge in [-0.1, -0.05) is 29.3 Å². The molecule has 4 rings (SSSR count). The summed E-state index contributed by atoms with van der Waals surface area (Å²) < 4.78 is 6.02. The van der Waals surface area contributed by atoms with E-state index >= 15 is 0 Å². The Morgan fingerprint density at radius 2 is 1.90 bits per heavy atom. The lowest BCUT2D eigenvalue weighted by molar-refractivity contribution is -0.00303. The predicted molar refractivity (Wildman–Crippen MR) is 86.2 cm³/mol. The van der Waals surface area contributed by atoms with Crippen LogP contribution in [0, 0.1) is 11.8 Å². The van der Waals surface area contributed by atoms with E-state index in [2.05, 4.69) is 17.4 Å². The summed E-state index contributed by atoms with van der Waals surface area (Å²) in [7, 11) is 0. The summed E-state index contributed by atoms with van der Waals surface area (Å²) in [6.45, 7) is 3.11. The van der Waals surface area contributed by atoms with Crippen molar-refractivity contribution >= 4 is 23.2 Å². The third kappa shape index (κ3) is 2.31. The van der Waals surface area contributed by atoms with Crippen LogP contribution in [0.25, 0.3) is 0 Å². The number of fused-ring (bicyclic) bond motifs is 1. The third-order valence-corrected chi connectivity index (χ3v) is 6.55. The average Bonchev–Trinajstić information content (AvgIpc) is 2.81. The van der Waals surface area contributed by atoms with E-state index in [0.717, 1.165) is 38.0 Å². The molecule has 0 spiro atoms. The molecule has 1 heterocycles. The van der Waals surface area contributed by atoms with Gasteiger partial charge in [-0.15, -0.1) is 0 Å². The first-order valence-electron chi connectivity index (χ1n) is 7.99. The molecule has 3 atom stereocenters. The van der Waals surface area contributed by atoms with E-state index in [9.17, 15) is 0 Å². The average molecular weight is 326 g/mol. The van der Waals surface area contributed by atoms with E-state index in [4.69, 9.17) is 27.9 Å². The van der Waals surface area contributed by atoms with Gasteiger partial charge in [-0.25, -0.2) is 0 Å². The van der Waals surface area contributed by atoms with E-state index in [-0.39, 0.29) is 5.41 Å². The second-order valence-corrected chi connectivity index (χ2v) is 7.53. The number of rotatable bonds is 5. The standard InChI is InChI=1S/C17H21Cl2NO/c18-15-5-4-11(8-16(15)19)17(13-9-20-10-14(13)17)6-7-21-12-2-1-3-12/h4-5,8,12-14,20H,1-3,6-7,9-10H2/t13-,14+,17?. The predicted octanol–water partition coefficient (Wildman–Crippen LogP) is 4.04. The quantitative estimate of drug-likeness (QED) is 0.882. The lowest BCUT2D eigenvalue weighted by Gasteiger charge is -2.28. The highest BCUT2D eigenvalue weighted by Gasteiger charge is 2.66. The van der Waals surface area contributed by atoms with Gasteiger partial charge < -0.3 is 10.1 Å². The first-order chi connectivity index (χ1) is 10.2. The third-order valence-electron chi connectivity index (χ3n) is 5.81. The van der Waals surface area contributed by atoms with Gasteiger partial charge in [-0.05, 0) is 68.3 Å². The molecule has 114 valence electrons. The van der Waals surface area contributed by atoms with Gasteiger partial charge in [0.2, 0.25) is 0 Å². The summed E-state index contributed by atoms with van der Waals surface area (Å²) in [6.07, 6.45) is 5.45. The van der Waals surface area contributed by atoms with Crippen molar-refractivity contribution in [2.24, 2.45) is 11.8 Å². The van der Waals surface area contributed by atoms with Crippen molar-refractivity contribution < 1.29 is 4.74 Å². The zero-order valence-electron chi connectivity index (χ0n) is 12.1. The summed E-state index contributed by atoms with van der Waals surface area (Å²) in [4.78, 5) is 0. The maximum Gasteiger partial charge on any atom is 0.0595 e. The summed E-state index contributed by atoms with van der Waals surface area (Å²) in [5.41, 5.74) is 1.62. The molecule has 3 aliphatic rings. The molecule has 2 saturated carbocycles. The zero-order chi connectivity index (χ0) is 14.4. The molecule has 2 nitrogen and oxygen atoms in total. The van der Waals surface area contributed by atoms with Crippen molar-refractivity contribution in [1.82, 2.24) is 5.32 Å². The first kappa shape index (κ1) is 14.3. The van der Waals surface area contributed by atoms with Gasteiger partial charge in [0.1, 0.15) is 0 Å². The number of nitrogens with one attached hydrogen (secondary N) is 1. The van der Waals surface area contributed by atoms with Gasteiger partial charge >= 0.3 is 0 Å². The minimum atomic E-state index is 0.267. The summed E-state index contributed by atoms with van der Waals surface area (Å²) in [5.74, 6) is 1.47. The molecule has 0 radical (unpaired) electrons. The van der Waals surface area contributed by atoms with Crippen LogP contribution in [0.5, 0.6) is 0 Å². The van der Waals surface area contributed by atoms with Crippen molar-refractivity contribution in [3.05, 3.63) is 33.8 Å². The Balaban J connectivity index is 1.52. The largest absolute Gasteiger partial charge is 0.378 e. The number of hydrogen-bond acceptors (Lipinski definition) is 2. The summed E-state index contributed by atoms with van der Waals surface area (Å²) in [6, 6.07) is 6.18. The molecule has 0 amide bonds. The van der Waals surface area contributed by atoms with Gasteiger partial charge in [0.25, 0.3) is 0 Å². The van der Waals surface area contributed by atoms with Crippen LogP contribution >= 0.6 is 23.2 Å². The normalized spacial score (nSPS) is 34.6. The van der Waals surface area contributed by atoms with E-state index in [0.29, 0.717) is 16.1 Å². The SMILES string of the molecule is Clc1ccc(C2(CCOC3CCC3)[C@@H]3CNC[C@@H]32)cc1Cl. The Labute approximate surface area is 136 Å². The smallest absolute Gasteiger partial charge is 0.0595 e. The van der Waals surface area contributed by atoms with Crippen molar-refractivity contribution in [2.75, 3.05) is 19.7 Å². The lowest BCUT2D eigenvalue weighted by atomic mass is 9.87. The van der Waals surface area contributed by atoms with Crippen molar-refractivity contribution in [2.45, 2.75) is 37.2 Å². The second kappa shape index (κ2) is 5.42. The van der Waals surface area contributed by atoms with Crippen LogP contribution in [0.4, 0.5) is 0 Å². The Kier molecular flexibility index (Phi) is 3.69. The molecule has 4 heteroatoms. The molecule has 1 N–H and O–H groups in total. The van der Waals surface area contributed by atoms with E-state index in [1.165, 1.54) is 24.8 Å². The molecule has 1 saturated heterocycles. The van der Waals surface area contributed by atoms with Crippen molar-refractivity contribution in [3.8, 4) is 0 Å². The molecule has 3 fully saturated rings. The number of hydrogen-bond donors (Lipinski definition) is 1. The fraction of sp³-hybridized carbons (Fsp3) is 0.647. The van der Waals surface area contributed by atoms with Gasteiger partial charge in [0.15, 0.2) is 0 Å². The minimum absolute atomic E-state index is 0.267. The molecule has 1 aromatic carbocycles. The van der Waals surface area contributed by atoms with Crippen LogP contribution < -0.4 is 5.32 Å². The van der Waals surface area contributed by atoms with Crippen molar-refractivity contribution in [1.29, 1.82) is 0 Å². The molecule has 1 unspecified atom stereocenters. The van der Waals surface area contributed by atoms with Crippen LogP contribution in [-0.4, -0.2) is 25.8 Å². The Morgan fingerprint density at radius 3 is 2.52 bits per heavy atom. The van der Waals surface area contributed by atoms with E-state index in [1.54, 1.807) is 0 Å². The lowest BCUT2D eigenvalue weighted by Crippen LogP contribution is -2.29. The summed E-state index contributed by atoms with van der Waals surface area (Å²) in [5, 5.41) is 4.81. The highest BCUT2D eigenvalue weighted by Crippen LogP contribution is 2.64. The molecule has 1 aliphatic heterocycles. The van der Waals surface area contributed by atoms with E-state index < -0.39 is 0 Å². The van der Waals surface area contributed by atoms with E-state index in [1.807, 2.05) is 6.07 Å². The molecule has 2 aliphatic carbocycles. The number of halogens is 2. The highest BCUT2D eigenvalue weighted by molar-refractivity contribution is 6.42. The molecular weight excluding hydrogens is 305 g/mol. The topological polar surface area (TPSA) is 21.3 Å². The maximum absolute atomic E-state index is 6.24. The van der Waals surface area contributed by atoms with Gasteiger partial charge in [-0.3, -0.25) is 0 Å². The van der Waals surface area contributed by atoms with Crippen LogP contribution in [0.2, 0.25) is 10.0 Å². The Hall–Kier alpha value is -0.280. The summed E-state index contributed by atoms with van der Waals surface area (Å²) >= 11 is 12.3. The fourth-order valence-corrected chi connectivity index (χ4v) is 4.61. The second-order valence-electron chi connectivity index (χ2n) is 6.71. The van der Waals surface area contributed by atoms with Gasteiger partial charge in [-0.2, -0.15) is 0 Å². The van der Waals surface area contributed by atoms with Crippen LogP contribution in [0.3, 0.4) is 0 Å². The molecular formula is C17H21Cl2NO. The van der Waals surface area contributed by atoms with Gasteiger partial charge in [0.05, 0.1) is 16.1 Å². The molecule has 1 aromatic rings. The number of piperidine rings is 1. The number of ether oxygens (including phenoxy) is 1. The Bertz CT molecular complexity index is 534. The molecule has 0 bridgehead atoms. The zero-order valence-corrected chi connectivity index (χ0v) is 13.6. The molecule has 21 heavy (non-hydrogen) atoms. The minimum Gasteiger partial charge on any atom is -0.378 e. The first-order valence-corrected chi connectivity index (χ1v) is 8.75. The number of benzene rings is 1. The van der Waals surface area contributed by atoms with Crippen LogP contribution in [0.15, 0.2) is 18.2 Å². The van der Waals surface area contributed by atoms with Crippen molar-refractivity contribution in [3.63, 3.8) is 0 Å². The highest BCUT2D eigenvalue weighted by atomic mass is 35.5. The Morgan fingerprint density at radius 1 is 1.14 bits per heavy atom. The van der Waals surface area contributed by atoms with Crippen LogP contribution in [0.1, 0.15) is 31.2 Å². The maximum atomic E-state index is 6.24. The van der Waals surface area contributed by atoms with Gasteiger partial charge in [0, 0.05) is 12.0 Å². The monoisotopic (exact) mass is 325 g/mol. The molecule has 0 aromatic heterocycles. The fourth-order valence-electron chi connectivity index (χ4n) is 4.31.